The van der Waals surface area contributed by atoms with Gasteiger partial charge in [0.2, 0.25) is 0 Å². The van der Waals surface area contributed by atoms with Crippen molar-refractivity contribution in [3.63, 3.8) is 0 Å². The third-order valence-corrected chi connectivity index (χ3v) is 3.87. The number of fused-ring (bicyclic) bond motifs is 1. The van der Waals surface area contributed by atoms with Crippen molar-refractivity contribution >= 4 is 17.2 Å². The Hall–Kier alpha value is -3.66. The normalized spacial score (nSPS) is 10.4. The molecule has 7 heteroatoms. The molecule has 0 aliphatic heterocycles. The zero-order chi connectivity index (χ0) is 18.0. The number of aromatic nitrogens is 1. The van der Waals surface area contributed by atoms with E-state index in [0.29, 0.717) is 16.7 Å². The highest BCUT2D eigenvalue weighted by Gasteiger charge is 2.17. The predicted molar refractivity (Wildman–Crippen MR) is 89.1 cm³/mol. The number of ether oxygens (including phenoxy) is 1. The fraction of sp³-hybridized carbons (Fsp3) is 0.111. The summed E-state index contributed by atoms with van der Waals surface area (Å²) in [6.45, 7) is 1.50. The minimum Gasteiger partial charge on any atom is -0.457 e. The summed E-state index contributed by atoms with van der Waals surface area (Å²) < 4.78 is 7.01. The molecule has 0 amide bonds. The van der Waals surface area contributed by atoms with Crippen LogP contribution in [0, 0.1) is 28.4 Å². The largest absolute Gasteiger partial charge is 0.457 e. The van der Waals surface area contributed by atoms with Crippen LogP contribution in [0.4, 0.5) is 5.69 Å². The second kappa shape index (κ2) is 6.45. The van der Waals surface area contributed by atoms with E-state index in [9.17, 15) is 20.2 Å². The zero-order valence-electron chi connectivity index (χ0n) is 13.3. The number of benzene rings is 1. The van der Waals surface area contributed by atoms with Crippen molar-refractivity contribution in [2.24, 2.45) is 0 Å². The number of carbonyl (C=O) groups is 1. The van der Waals surface area contributed by atoms with E-state index in [2.05, 4.69) is 6.07 Å². The Balaban J connectivity index is 1.83. The molecule has 2 heterocycles. The van der Waals surface area contributed by atoms with Gasteiger partial charge in [-0.05, 0) is 25.1 Å². The van der Waals surface area contributed by atoms with Crippen molar-refractivity contribution in [3.05, 3.63) is 81.2 Å². The lowest BCUT2D eigenvalue weighted by molar-refractivity contribution is -0.385. The van der Waals surface area contributed by atoms with Crippen LogP contribution < -0.4 is 0 Å². The molecule has 0 saturated heterocycles. The molecule has 0 atom stereocenters. The third kappa shape index (κ3) is 3.05. The van der Waals surface area contributed by atoms with E-state index in [0.717, 1.165) is 5.52 Å². The van der Waals surface area contributed by atoms with Gasteiger partial charge in [0.1, 0.15) is 12.7 Å². The fourth-order valence-electron chi connectivity index (χ4n) is 2.58. The van der Waals surface area contributed by atoms with E-state index >= 15 is 0 Å². The smallest absolute Gasteiger partial charge is 0.338 e. The van der Waals surface area contributed by atoms with Gasteiger partial charge in [-0.25, -0.2) is 4.79 Å². The lowest BCUT2D eigenvalue weighted by Crippen LogP contribution is -2.06. The highest BCUT2D eigenvalue weighted by molar-refractivity contribution is 5.90. The van der Waals surface area contributed by atoms with Gasteiger partial charge in [-0.15, -0.1) is 0 Å². The molecule has 124 valence electrons. The molecule has 0 aliphatic carbocycles. The number of nitriles is 1. The van der Waals surface area contributed by atoms with Crippen molar-refractivity contribution in [2.75, 3.05) is 0 Å². The van der Waals surface area contributed by atoms with Crippen molar-refractivity contribution in [2.45, 2.75) is 13.5 Å². The van der Waals surface area contributed by atoms with Crippen LogP contribution in [0.5, 0.6) is 0 Å². The monoisotopic (exact) mass is 335 g/mol. The Morgan fingerprint density at radius 1 is 1.36 bits per heavy atom. The van der Waals surface area contributed by atoms with Crippen LogP contribution in [-0.4, -0.2) is 15.3 Å². The number of hydrogen-bond acceptors (Lipinski definition) is 5. The predicted octanol–water partition coefficient (Wildman–Crippen LogP) is 3.38. The molecular weight excluding hydrogens is 322 g/mol. The Bertz CT molecular complexity index is 1030. The number of nitrogens with zero attached hydrogens (tertiary/aromatic N) is 3. The number of hydrogen-bond donors (Lipinski definition) is 0. The van der Waals surface area contributed by atoms with Gasteiger partial charge < -0.3 is 9.14 Å². The Kier molecular flexibility index (Phi) is 4.18. The van der Waals surface area contributed by atoms with Crippen molar-refractivity contribution in [3.8, 4) is 6.07 Å². The van der Waals surface area contributed by atoms with E-state index in [1.54, 1.807) is 29.8 Å². The van der Waals surface area contributed by atoms with Crippen LogP contribution in [0.25, 0.3) is 5.52 Å². The summed E-state index contributed by atoms with van der Waals surface area (Å²) in [7, 11) is 0. The number of rotatable bonds is 4. The first kappa shape index (κ1) is 16.2. The van der Waals surface area contributed by atoms with E-state index in [1.807, 2.05) is 12.1 Å². The second-order valence-corrected chi connectivity index (χ2v) is 5.47. The first-order chi connectivity index (χ1) is 12.0. The highest BCUT2D eigenvalue weighted by Crippen LogP contribution is 2.22. The number of carbonyl (C=O) groups excluding carboxylic acids is 1. The molecule has 0 aliphatic rings. The molecular formula is C18H13N3O4. The van der Waals surface area contributed by atoms with E-state index in [1.165, 1.54) is 18.2 Å². The average Bonchev–Trinajstić information content (AvgIpc) is 2.97. The summed E-state index contributed by atoms with van der Waals surface area (Å²) in [5, 5.41) is 20.3. The summed E-state index contributed by atoms with van der Waals surface area (Å²) in [5.74, 6) is -0.678. The molecule has 3 rings (SSSR count). The summed E-state index contributed by atoms with van der Waals surface area (Å²) in [5.41, 5.74) is 2.15. The van der Waals surface area contributed by atoms with Crippen LogP contribution >= 0.6 is 0 Å². The van der Waals surface area contributed by atoms with Gasteiger partial charge in [0.25, 0.3) is 5.69 Å². The van der Waals surface area contributed by atoms with E-state index in [-0.39, 0.29) is 17.9 Å². The van der Waals surface area contributed by atoms with Crippen LogP contribution in [0.15, 0.2) is 48.8 Å². The maximum Gasteiger partial charge on any atom is 0.338 e. The Morgan fingerprint density at radius 2 is 2.16 bits per heavy atom. The summed E-state index contributed by atoms with van der Waals surface area (Å²) in [6, 6.07) is 11.7. The molecule has 2 aromatic heterocycles. The highest BCUT2D eigenvalue weighted by atomic mass is 16.6. The van der Waals surface area contributed by atoms with E-state index < -0.39 is 10.9 Å². The topological polar surface area (TPSA) is 97.6 Å². The average molecular weight is 335 g/mol. The van der Waals surface area contributed by atoms with Crippen LogP contribution in [0.3, 0.4) is 0 Å². The van der Waals surface area contributed by atoms with Crippen molar-refractivity contribution < 1.29 is 14.5 Å². The van der Waals surface area contributed by atoms with Gasteiger partial charge in [-0.3, -0.25) is 10.1 Å². The molecule has 0 unspecified atom stereocenters. The first-order valence-corrected chi connectivity index (χ1v) is 7.42. The second-order valence-electron chi connectivity index (χ2n) is 5.47. The Morgan fingerprint density at radius 3 is 2.88 bits per heavy atom. The van der Waals surface area contributed by atoms with Gasteiger partial charge in [0.15, 0.2) is 0 Å². The molecule has 0 saturated carbocycles. The maximum atomic E-state index is 12.2. The lowest BCUT2D eigenvalue weighted by atomic mass is 10.1. The molecule has 0 spiro atoms. The molecule has 25 heavy (non-hydrogen) atoms. The van der Waals surface area contributed by atoms with Gasteiger partial charge in [0, 0.05) is 29.6 Å². The van der Waals surface area contributed by atoms with E-state index in [4.69, 9.17) is 4.74 Å². The fourth-order valence-corrected chi connectivity index (χ4v) is 2.58. The molecule has 0 N–H and O–H groups in total. The molecule has 0 radical (unpaired) electrons. The van der Waals surface area contributed by atoms with Gasteiger partial charge in [-0.1, -0.05) is 12.1 Å². The SMILES string of the molecule is Cc1ccc(C(=O)OCc2cn3ccccc3c2C#N)cc1[N+](=O)[O-]. The number of esters is 1. The minimum absolute atomic E-state index is 0.0922. The third-order valence-electron chi connectivity index (χ3n) is 3.87. The molecule has 7 nitrogen and oxygen atoms in total. The van der Waals surface area contributed by atoms with Gasteiger partial charge in [0.05, 0.1) is 21.6 Å². The lowest BCUT2D eigenvalue weighted by Gasteiger charge is -2.05. The zero-order valence-corrected chi connectivity index (χ0v) is 13.3. The molecule has 1 aromatic carbocycles. The summed E-state index contributed by atoms with van der Waals surface area (Å²) >= 11 is 0. The number of nitro benzene ring substituents is 1. The number of nitro groups is 1. The molecule has 0 bridgehead atoms. The summed E-state index contributed by atoms with van der Waals surface area (Å²) in [6.07, 6.45) is 3.52. The van der Waals surface area contributed by atoms with Crippen molar-refractivity contribution in [1.29, 1.82) is 5.26 Å². The van der Waals surface area contributed by atoms with Crippen LogP contribution in [0.1, 0.15) is 27.0 Å². The quantitative estimate of drug-likeness (QED) is 0.413. The number of pyridine rings is 1. The minimum atomic E-state index is -0.678. The maximum absolute atomic E-state index is 12.2. The van der Waals surface area contributed by atoms with Gasteiger partial charge >= 0.3 is 5.97 Å². The standard InChI is InChI=1S/C18H13N3O4/c1-12-5-6-13(8-17(12)21(23)24)18(22)25-11-14-10-20-7-3-2-4-16(20)15(14)9-19/h2-8,10H,11H2,1H3. The van der Waals surface area contributed by atoms with Crippen molar-refractivity contribution in [1.82, 2.24) is 4.40 Å². The van der Waals surface area contributed by atoms with Crippen LogP contribution in [-0.2, 0) is 11.3 Å². The van der Waals surface area contributed by atoms with Gasteiger partial charge in [-0.2, -0.15) is 5.26 Å². The number of aryl methyl sites for hydroxylation is 1. The molecule has 0 fully saturated rings. The van der Waals surface area contributed by atoms with Crippen LogP contribution in [0.2, 0.25) is 0 Å². The first-order valence-electron chi connectivity index (χ1n) is 7.42. The Labute approximate surface area is 142 Å². The molecule has 3 aromatic rings. The summed E-state index contributed by atoms with van der Waals surface area (Å²) in [4.78, 5) is 22.6.